The number of methoxy groups -OCH3 is 1. The third-order valence-corrected chi connectivity index (χ3v) is 6.49. The number of rotatable bonds is 7. The van der Waals surface area contributed by atoms with Gasteiger partial charge in [0.1, 0.15) is 5.75 Å². The number of para-hydroxylation sites is 2. The van der Waals surface area contributed by atoms with Crippen molar-refractivity contribution in [3.8, 4) is 11.4 Å². The summed E-state index contributed by atoms with van der Waals surface area (Å²) in [4.78, 5) is 12.8. The Hall–Kier alpha value is -4.11. The van der Waals surface area contributed by atoms with Gasteiger partial charge in [-0.2, -0.15) is 5.10 Å². The molecular formula is C24H22N4O4S. The summed E-state index contributed by atoms with van der Waals surface area (Å²) in [5, 5.41) is 6.92. The van der Waals surface area contributed by atoms with Crippen molar-refractivity contribution in [3.05, 3.63) is 96.3 Å². The van der Waals surface area contributed by atoms with Crippen LogP contribution in [0.3, 0.4) is 0 Å². The Bertz CT molecular complexity index is 1380. The Morgan fingerprint density at radius 2 is 1.76 bits per heavy atom. The lowest BCUT2D eigenvalue weighted by molar-refractivity contribution is 0.102. The number of nitrogens with zero attached hydrogens (tertiary/aromatic N) is 2. The molecule has 4 aromatic rings. The Morgan fingerprint density at radius 3 is 2.45 bits per heavy atom. The molecule has 0 fully saturated rings. The molecule has 3 aromatic carbocycles. The van der Waals surface area contributed by atoms with Crippen molar-refractivity contribution in [2.75, 3.05) is 17.1 Å². The SMILES string of the molecule is COc1ccccc1NS(=O)(=O)c1cc(NC(=O)c2ccc(-n3cccn3)cc2)ccc1C. The van der Waals surface area contributed by atoms with Gasteiger partial charge in [0, 0.05) is 23.6 Å². The van der Waals surface area contributed by atoms with E-state index in [-0.39, 0.29) is 10.8 Å². The molecule has 0 aliphatic carbocycles. The fraction of sp³-hybridized carbons (Fsp3) is 0.0833. The smallest absolute Gasteiger partial charge is 0.262 e. The molecule has 1 aromatic heterocycles. The average molecular weight is 463 g/mol. The number of amides is 1. The maximum absolute atomic E-state index is 13.1. The molecule has 0 unspecified atom stereocenters. The van der Waals surface area contributed by atoms with Gasteiger partial charge >= 0.3 is 0 Å². The van der Waals surface area contributed by atoms with Crippen LogP contribution in [0.25, 0.3) is 5.69 Å². The van der Waals surface area contributed by atoms with Crippen LogP contribution in [0.4, 0.5) is 11.4 Å². The Balaban J connectivity index is 1.55. The fourth-order valence-corrected chi connectivity index (χ4v) is 4.63. The highest BCUT2D eigenvalue weighted by atomic mass is 32.2. The monoisotopic (exact) mass is 462 g/mol. The first-order valence-corrected chi connectivity index (χ1v) is 11.5. The van der Waals surface area contributed by atoms with Crippen LogP contribution in [-0.2, 0) is 10.0 Å². The summed E-state index contributed by atoms with van der Waals surface area (Å²) in [5.74, 6) is 0.0497. The van der Waals surface area contributed by atoms with Crippen LogP contribution in [0.5, 0.6) is 5.75 Å². The third-order valence-electron chi connectivity index (χ3n) is 4.99. The highest BCUT2D eigenvalue weighted by molar-refractivity contribution is 7.92. The molecule has 168 valence electrons. The Kier molecular flexibility index (Phi) is 6.14. The third kappa shape index (κ3) is 4.88. The quantitative estimate of drug-likeness (QED) is 0.428. The molecule has 1 amide bonds. The molecule has 0 bridgehead atoms. The summed E-state index contributed by atoms with van der Waals surface area (Å²) >= 11 is 0. The van der Waals surface area contributed by atoms with Gasteiger partial charge < -0.3 is 10.1 Å². The lowest BCUT2D eigenvalue weighted by Gasteiger charge is -2.14. The van der Waals surface area contributed by atoms with E-state index in [1.807, 2.05) is 12.3 Å². The number of hydrogen-bond donors (Lipinski definition) is 2. The molecular weight excluding hydrogens is 440 g/mol. The van der Waals surface area contributed by atoms with Gasteiger partial charge in [-0.1, -0.05) is 18.2 Å². The number of hydrogen-bond acceptors (Lipinski definition) is 5. The topological polar surface area (TPSA) is 102 Å². The minimum atomic E-state index is -3.92. The number of anilines is 2. The molecule has 0 saturated heterocycles. The number of carbonyl (C=O) groups excluding carboxylic acids is 1. The first-order valence-electron chi connectivity index (χ1n) is 10.1. The number of aromatic nitrogens is 2. The summed E-state index contributed by atoms with van der Waals surface area (Å²) < 4.78 is 35.6. The molecule has 0 atom stereocenters. The maximum Gasteiger partial charge on any atom is 0.262 e. The van der Waals surface area contributed by atoms with Gasteiger partial charge in [0.25, 0.3) is 15.9 Å². The standard InChI is InChI=1S/C24H22N4O4S/c1-17-8-11-19(16-23(17)33(30,31)27-21-6-3-4-7-22(21)32-2)26-24(29)18-9-12-20(13-10-18)28-15-5-14-25-28/h3-16,27H,1-2H3,(H,26,29). The van der Waals surface area contributed by atoms with Crippen molar-refractivity contribution in [2.45, 2.75) is 11.8 Å². The highest BCUT2D eigenvalue weighted by Crippen LogP contribution is 2.28. The molecule has 8 nitrogen and oxygen atoms in total. The van der Waals surface area contributed by atoms with Gasteiger partial charge in [-0.15, -0.1) is 0 Å². The summed E-state index contributed by atoms with van der Waals surface area (Å²) in [6.45, 7) is 1.69. The largest absolute Gasteiger partial charge is 0.495 e. The predicted octanol–water partition coefficient (Wildman–Crippen LogP) is 4.24. The van der Waals surface area contributed by atoms with Crippen LogP contribution in [0.15, 0.2) is 90.1 Å². The van der Waals surface area contributed by atoms with Gasteiger partial charge in [0.15, 0.2) is 0 Å². The molecule has 0 saturated carbocycles. The van der Waals surface area contributed by atoms with Gasteiger partial charge in [0.2, 0.25) is 0 Å². The molecule has 0 spiro atoms. The van der Waals surface area contributed by atoms with Crippen molar-refractivity contribution in [1.82, 2.24) is 9.78 Å². The maximum atomic E-state index is 13.1. The van der Waals surface area contributed by atoms with Gasteiger partial charge in [-0.3, -0.25) is 9.52 Å². The number of nitrogens with one attached hydrogen (secondary N) is 2. The van der Waals surface area contributed by atoms with E-state index in [9.17, 15) is 13.2 Å². The zero-order valence-electron chi connectivity index (χ0n) is 18.0. The van der Waals surface area contributed by atoms with E-state index in [0.29, 0.717) is 28.3 Å². The van der Waals surface area contributed by atoms with Gasteiger partial charge in [-0.25, -0.2) is 13.1 Å². The van der Waals surface area contributed by atoms with Crippen LogP contribution in [0.1, 0.15) is 15.9 Å². The van der Waals surface area contributed by atoms with Crippen molar-refractivity contribution in [3.63, 3.8) is 0 Å². The van der Waals surface area contributed by atoms with E-state index in [4.69, 9.17) is 4.74 Å². The van der Waals surface area contributed by atoms with Gasteiger partial charge in [-0.05, 0) is 67.1 Å². The molecule has 9 heteroatoms. The Labute approximate surface area is 191 Å². The highest BCUT2D eigenvalue weighted by Gasteiger charge is 2.20. The first-order chi connectivity index (χ1) is 15.9. The second kappa shape index (κ2) is 9.17. The zero-order chi connectivity index (χ0) is 23.4. The Morgan fingerprint density at radius 1 is 1.00 bits per heavy atom. The van der Waals surface area contributed by atoms with Crippen LogP contribution in [0.2, 0.25) is 0 Å². The fourth-order valence-electron chi connectivity index (χ4n) is 3.29. The first kappa shape index (κ1) is 22.1. The van der Waals surface area contributed by atoms with E-state index < -0.39 is 10.0 Å². The molecule has 0 aliphatic heterocycles. The minimum absolute atomic E-state index is 0.0558. The van der Waals surface area contributed by atoms with E-state index in [1.54, 1.807) is 78.5 Å². The summed E-state index contributed by atoms with van der Waals surface area (Å²) in [7, 11) is -2.45. The van der Waals surface area contributed by atoms with Crippen molar-refractivity contribution in [2.24, 2.45) is 0 Å². The van der Waals surface area contributed by atoms with E-state index in [1.165, 1.54) is 13.2 Å². The lowest BCUT2D eigenvalue weighted by Crippen LogP contribution is -2.16. The number of ether oxygens (including phenoxy) is 1. The number of aryl methyl sites for hydroxylation is 1. The number of carbonyl (C=O) groups is 1. The van der Waals surface area contributed by atoms with Crippen molar-refractivity contribution < 1.29 is 17.9 Å². The summed E-state index contributed by atoms with van der Waals surface area (Å²) in [5.41, 5.74) is 2.48. The molecule has 0 radical (unpaired) electrons. The second-order valence-corrected chi connectivity index (χ2v) is 8.89. The molecule has 2 N–H and O–H groups in total. The lowest BCUT2D eigenvalue weighted by atomic mass is 10.1. The summed E-state index contributed by atoms with van der Waals surface area (Å²) in [6, 6.07) is 20.2. The van der Waals surface area contributed by atoms with E-state index in [0.717, 1.165) is 5.69 Å². The van der Waals surface area contributed by atoms with Crippen LogP contribution < -0.4 is 14.8 Å². The van der Waals surface area contributed by atoms with E-state index in [2.05, 4.69) is 15.1 Å². The van der Waals surface area contributed by atoms with Crippen LogP contribution in [-0.4, -0.2) is 31.2 Å². The molecule has 4 rings (SSSR count). The number of benzene rings is 3. The average Bonchev–Trinajstić information content (AvgIpc) is 3.35. The van der Waals surface area contributed by atoms with Crippen LogP contribution >= 0.6 is 0 Å². The molecule has 33 heavy (non-hydrogen) atoms. The summed E-state index contributed by atoms with van der Waals surface area (Å²) in [6.07, 6.45) is 3.48. The van der Waals surface area contributed by atoms with E-state index >= 15 is 0 Å². The van der Waals surface area contributed by atoms with Crippen LogP contribution in [0, 0.1) is 6.92 Å². The normalized spacial score (nSPS) is 11.1. The molecule has 1 heterocycles. The zero-order valence-corrected chi connectivity index (χ0v) is 18.8. The van der Waals surface area contributed by atoms with Crippen molar-refractivity contribution >= 4 is 27.3 Å². The minimum Gasteiger partial charge on any atom is -0.495 e. The number of sulfonamides is 1. The predicted molar refractivity (Wildman–Crippen MR) is 126 cm³/mol. The van der Waals surface area contributed by atoms with Gasteiger partial charge in [0.05, 0.1) is 23.4 Å². The second-order valence-electron chi connectivity index (χ2n) is 7.24. The van der Waals surface area contributed by atoms with Crippen molar-refractivity contribution in [1.29, 1.82) is 0 Å². The molecule has 0 aliphatic rings.